The van der Waals surface area contributed by atoms with Crippen LogP contribution in [0.25, 0.3) is 10.8 Å². The van der Waals surface area contributed by atoms with E-state index in [0.29, 0.717) is 23.6 Å². The standard InChI is InChI=1S/C46H57ClN4O7/c1-5-11-30(43(55)40(54)22-28-16-17-28)23-38(52)37-24-31(58-41-19-18-35(47)32-14-9-10-15-33(32)41)27-51(37)45(57)34(46(2,3)4)25-39(53)42(29-12-7-6-8-13-29)50-44(56)36-26-48-20-21-49-36/h9-10,14-15,18-21,26,28-31,34,37,42H,5-8,11-13,16-17,22-25,27H2,1-4H3,(H,50,56)/t30-,31-,34-,37+,42+/m1/s1. The van der Waals surface area contributed by atoms with Gasteiger partial charge in [0, 0.05) is 65.7 Å². The number of rotatable bonds is 18. The molecule has 2 amide bonds. The second-order valence-electron chi connectivity index (χ2n) is 17.7. The summed E-state index contributed by atoms with van der Waals surface area (Å²) in [6.45, 7) is 7.70. The van der Waals surface area contributed by atoms with Crippen molar-refractivity contribution in [3.8, 4) is 5.75 Å². The molecule has 0 unspecified atom stereocenters. The van der Waals surface area contributed by atoms with Gasteiger partial charge in [-0.25, -0.2) is 4.98 Å². The maximum Gasteiger partial charge on any atom is 0.272 e. The molecule has 12 heteroatoms. The van der Waals surface area contributed by atoms with Crippen molar-refractivity contribution in [2.24, 2.45) is 29.1 Å². The summed E-state index contributed by atoms with van der Waals surface area (Å²) in [5.74, 6) is -3.25. The maximum absolute atomic E-state index is 15.0. The molecule has 11 nitrogen and oxygen atoms in total. The number of benzene rings is 2. The molecule has 0 radical (unpaired) electrons. The molecule has 310 valence electrons. The Bertz CT molecular complexity index is 1990. The number of halogens is 1. The molecule has 5 atom stereocenters. The molecule has 6 rings (SSSR count). The van der Waals surface area contributed by atoms with Gasteiger partial charge in [0.15, 0.2) is 17.3 Å². The average molecular weight is 813 g/mol. The van der Waals surface area contributed by atoms with Crippen LogP contribution in [0.3, 0.4) is 0 Å². The minimum atomic E-state index is -0.938. The number of fused-ring (bicyclic) bond motifs is 1. The van der Waals surface area contributed by atoms with Gasteiger partial charge in [0.1, 0.15) is 17.5 Å². The number of carbonyl (C=O) groups excluding carboxylic acids is 6. The number of hydrogen-bond acceptors (Lipinski definition) is 9. The Morgan fingerprint density at radius 1 is 0.931 bits per heavy atom. The molecule has 0 spiro atoms. The molecule has 1 aromatic heterocycles. The SMILES string of the molecule is CCC[C@H](CC(=O)[C@@H]1C[C@@H](Oc2ccc(Cl)c3ccccc23)CN1C(=O)[C@@H](CC(=O)[C@@H](NC(=O)c1cnccn1)C1CCCCC1)C(C)(C)C)C(=O)C(=O)CC1CC1. The van der Waals surface area contributed by atoms with Crippen LogP contribution < -0.4 is 10.1 Å². The number of nitrogens with zero attached hydrogens (tertiary/aromatic N) is 3. The molecule has 3 aliphatic rings. The minimum absolute atomic E-state index is 0.0788. The molecule has 1 saturated heterocycles. The van der Waals surface area contributed by atoms with Crippen molar-refractivity contribution in [1.82, 2.24) is 20.2 Å². The molecular formula is C46H57ClN4O7. The van der Waals surface area contributed by atoms with Crippen molar-refractivity contribution >= 4 is 57.3 Å². The molecule has 3 aromatic rings. The lowest BCUT2D eigenvalue weighted by molar-refractivity contribution is -0.147. The zero-order chi connectivity index (χ0) is 41.6. The van der Waals surface area contributed by atoms with Gasteiger partial charge in [0.2, 0.25) is 11.7 Å². The van der Waals surface area contributed by atoms with Crippen LogP contribution in [0.4, 0.5) is 0 Å². The van der Waals surface area contributed by atoms with Crippen molar-refractivity contribution < 1.29 is 33.5 Å². The topological polar surface area (TPSA) is 153 Å². The zero-order valence-corrected chi connectivity index (χ0v) is 35.0. The van der Waals surface area contributed by atoms with Crippen LogP contribution in [0.2, 0.25) is 5.02 Å². The zero-order valence-electron chi connectivity index (χ0n) is 34.2. The van der Waals surface area contributed by atoms with Crippen LogP contribution in [0, 0.1) is 29.1 Å². The predicted molar refractivity (Wildman–Crippen MR) is 221 cm³/mol. The highest BCUT2D eigenvalue weighted by Gasteiger charge is 2.47. The van der Waals surface area contributed by atoms with Crippen LogP contribution in [0.5, 0.6) is 5.75 Å². The normalized spacial score (nSPS) is 20.3. The second-order valence-corrected chi connectivity index (χ2v) is 18.1. The first-order chi connectivity index (χ1) is 27.7. The highest BCUT2D eigenvalue weighted by molar-refractivity contribution is 6.38. The quantitative estimate of drug-likeness (QED) is 0.126. The molecule has 2 heterocycles. The van der Waals surface area contributed by atoms with Crippen molar-refractivity contribution in [2.45, 2.75) is 129 Å². The van der Waals surface area contributed by atoms with Gasteiger partial charge in [-0.2, -0.15) is 0 Å². The smallest absolute Gasteiger partial charge is 0.272 e. The van der Waals surface area contributed by atoms with E-state index in [2.05, 4.69) is 15.3 Å². The number of Topliss-reactive ketones (excluding diaryl/α,β-unsaturated/α-hetero) is 4. The number of aromatic nitrogens is 2. The molecule has 1 N–H and O–H groups in total. The van der Waals surface area contributed by atoms with Gasteiger partial charge < -0.3 is 15.0 Å². The number of nitrogens with one attached hydrogen (secondary N) is 1. The summed E-state index contributed by atoms with van der Waals surface area (Å²) < 4.78 is 6.59. The molecule has 0 bridgehead atoms. The van der Waals surface area contributed by atoms with Crippen LogP contribution in [0.1, 0.15) is 122 Å². The number of ketones is 4. The third-order valence-electron chi connectivity index (χ3n) is 12.2. The van der Waals surface area contributed by atoms with E-state index in [1.165, 1.54) is 18.6 Å². The lowest BCUT2D eigenvalue weighted by atomic mass is 9.74. The third-order valence-corrected chi connectivity index (χ3v) is 12.6. The summed E-state index contributed by atoms with van der Waals surface area (Å²) in [5, 5.41) is 5.13. The number of amides is 2. The first kappa shape index (κ1) is 43.1. The summed E-state index contributed by atoms with van der Waals surface area (Å²) in [6.07, 6.45) is 11.1. The van der Waals surface area contributed by atoms with Gasteiger partial charge in [0.25, 0.3) is 5.91 Å². The fraction of sp³-hybridized carbons (Fsp3) is 0.565. The van der Waals surface area contributed by atoms with Gasteiger partial charge in [-0.15, -0.1) is 0 Å². The summed E-state index contributed by atoms with van der Waals surface area (Å²) in [7, 11) is 0. The maximum atomic E-state index is 15.0. The van der Waals surface area contributed by atoms with E-state index >= 15 is 4.79 Å². The van der Waals surface area contributed by atoms with E-state index in [0.717, 1.165) is 55.7 Å². The minimum Gasteiger partial charge on any atom is -0.488 e. The Kier molecular flexibility index (Phi) is 14.1. The Labute approximate surface area is 346 Å². The third kappa shape index (κ3) is 10.6. The predicted octanol–water partition coefficient (Wildman–Crippen LogP) is 7.95. The van der Waals surface area contributed by atoms with Crippen LogP contribution in [0.15, 0.2) is 55.0 Å². The fourth-order valence-corrected chi connectivity index (χ4v) is 8.99. The monoisotopic (exact) mass is 812 g/mol. The Balaban J connectivity index is 1.28. The first-order valence-electron chi connectivity index (χ1n) is 21.1. The Hall–Kier alpha value is -4.51. The van der Waals surface area contributed by atoms with Gasteiger partial charge >= 0.3 is 0 Å². The molecule has 1 aliphatic heterocycles. The Morgan fingerprint density at radius 2 is 1.66 bits per heavy atom. The van der Waals surface area contributed by atoms with Gasteiger partial charge in [-0.05, 0) is 61.5 Å². The average Bonchev–Trinajstić information content (AvgIpc) is 3.94. The van der Waals surface area contributed by atoms with Gasteiger partial charge in [-0.1, -0.05) is 89.2 Å². The van der Waals surface area contributed by atoms with Crippen LogP contribution in [-0.2, 0) is 24.0 Å². The lowest BCUT2D eigenvalue weighted by Crippen LogP contribution is -2.51. The van der Waals surface area contributed by atoms with Gasteiger partial charge in [-0.3, -0.25) is 33.8 Å². The highest BCUT2D eigenvalue weighted by Crippen LogP contribution is 2.39. The van der Waals surface area contributed by atoms with Gasteiger partial charge in [0.05, 0.1) is 24.8 Å². The van der Waals surface area contributed by atoms with Crippen LogP contribution in [-0.4, -0.2) is 74.5 Å². The molecule has 2 aliphatic carbocycles. The van der Waals surface area contributed by atoms with Crippen molar-refractivity contribution in [1.29, 1.82) is 0 Å². The summed E-state index contributed by atoms with van der Waals surface area (Å²) in [6, 6.07) is 9.36. The summed E-state index contributed by atoms with van der Waals surface area (Å²) in [5.41, 5.74) is -0.611. The fourth-order valence-electron chi connectivity index (χ4n) is 8.77. The first-order valence-corrected chi connectivity index (χ1v) is 21.5. The molecule has 58 heavy (non-hydrogen) atoms. The number of carbonyl (C=O) groups is 6. The molecular weight excluding hydrogens is 756 g/mol. The van der Waals surface area contributed by atoms with E-state index in [1.807, 2.05) is 52.0 Å². The van der Waals surface area contributed by atoms with E-state index in [9.17, 15) is 24.0 Å². The molecule has 2 aromatic carbocycles. The van der Waals surface area contributed by atoms with E-state index < -0.39 is 52.9 Å². The Morgan fingerprint density at radius 3 is 2.31 bits per heavy atom. The van der Waals surface area contributed by atoms with E-state index in [-0.39, 0.29) is 67.2 Å². The largest absolute Gasteiger partial charge is 0.488 e. The summed E-state index contributed by atoms with van der Waals surface area (Å²) in [4.78, 5) is 93.5. The molecule has 3 fully saturated rings. The lowest BCUT2D eigenvalue weighted by Gasteiger charge is -2.36. The molecule has 2 saturated carbocycles. The van der Waals surface area contributed by atoms with Crippen molar-refractivity contribution in [3.63, 3.8) is 0 Å². The highest BCUT2D eigenvalue weighted by atomic mass is 35.5. The van der Waals surface area contributed by atoms with Crippen molar-refractivity contribution in [3.05, 3.63) is 65.7 Å². The van der Waals surface area contributed by atoms with E-state index in [1.54, 1.807) is 17.0 Å². The number of ether oxygens (including phenoxy) is 1. The second kappa shape index (κ2) is 19.0. The summed E-state index contributed by atoms with van der Waals surface area (Å²) >= 11 is 6.52. The van der Waals surface area contributed by atoms with Crippen molar-refractivity contribution in [2.75, 3.05) is 6.54 Å². The number of hydrogen-bond donors (Lipinski definition) is 1. The van der Waals surface area contributed by atoms with E-state index in [4.69, 9.17) is 16.3 Å². The van der Waals surface area contributed by atoms with Crippen LogP contribution >= 0.6 is 11.6 Å². The number of likely N-dealkylation sites (tertiary alicyclic amines) is 1.